The van der Waals surface area contributed by atoms with Gasteiger partial charge in [0.15, 0.2) is 9.84 Å². The number of nitrogens with zero attached hydrogens (tertiary/aromatic N) is 3. The zero-order chi connectivity index (χ0) is 24.2. The minimum atomic E-state index is -4.56. The number of sulfone groups is 1. The highest BCUT2D eigenvalue weighted by molar-refractivity contribution is 7.89. The number of hydrogen-bond acceptors (Lipinski definition) is 6. The van der Waals surface area contributed by atoms with Crippen molar-refractivity contribution in [2.24, 2.45) is 0 Å². The summed E-state index contributed by atoms with van der Waals surface area (Å²) in [5.74, 6) is 0.0158. The van der Waals surface area contributed by atoms with Crippen molar-refractivity contribution in [2.75, 3.05) is 23.0 Å². The maximum atomic E-state index is 13.2. The third kappa shape index (κ3) is 7.04. The van der Waals surface area contributed by atoms with Crippen LogP contribution in [0.4, 0.5) is 29.5 Å². The van der Waals surface area contributed by atoms with E-state index in [1.807, 2.05) is 11.8 Å². The van der Waals surface area contributed by atoms with E-state index in [1.54, 1.807) is 0 Å². The molecule has 3 rings (SSSR count). The summed E-state index contributed by atoms with van der Waals surface area (Å²) in [6.45, 7) is 2.53. The lowest BCUT2D eigenvalue weighted by Crippen LogP contribution is -2.39. The van der Waals surface area contributed by atoms with Gasteiger partial charge in [-0.25, -0.2) is 18.2 Å². The highest BCUT2D eigenvalue weighted by atomic mass is 32.2. The van der Waals surface area contributed by atoms with E-state index in [-0.39, 0.29) is 24.2 Å². The fraction of sp³-hybridized carbons (Fsp3) is 0.476. The van der Waals surface area contributed by atoms with Crippen molar-refractivity contribution in [1.29, 1.82) is 0 Å². The second-order valence-electron chi connectivity index (χ2n) is 8.13. The number of amides is 2. The lowest BCUT2D eigenvalue weighted by atomic mass is 10.0. The Morgan fingerprint density at radius 1 is 1.21 bits per heavy atom. The topological polar surface area (TPSA) is 104 Å². The summed E-state index contributed by atoms with van der Waals surface area (Å²) in [5.41, 5.74) is 0.206. The molecule has 2 aromatic heterocycles. The van der Waals surface area contributed by atoms with Gasteiger partial charge in [0.05, 0.1) is 23.3 Å². The van der Waals surface area contributed by atoms with Crippen LogP contribution in [0.15, 0.2) is 30.5 Å². The number of carbonyl (C=O) groups excluding carboxylic acids is 1. The van der Waals surface area contributed by atoms with Crippen LogP contribution in [0.1, 0.15) is 43.1 Å². The summed E-state index contributed by atoms with van der Waals surface area (Å²) in [6.07, 6.45) is 0.590. The number of rotatable bonds is 6. The first kappa shape index (κ1) is 24.7. The summed E-state index contributed by atoms with van der Waals surface area (Å²) < 4.78 is 62.4. The molecule has 0 aromatic carbocycles. The summed E-state index contributed by atoms with van der Waals surface area (Å²) in [4.78, 5) is 22.1. The number of carbonyl (C=O) groups is 1. The first-order valence-corrected chi connectivity index (χ1v) is 12.5. The molecule has 8 nitrogen and oxygen atoms in total. The summed E-state index contributed by atoms with van der Waals surface area (Å²) in [7, 11) is -3.22. The molecule has 0 saturated carbocycles. The van der Waals surface area contributed by atoms with Crippen molar-refractivity contribution in [3.05, 3.63) is 47.4 Å². The zero-order valence-electron chi connectivity index (χ0n) is 18.3. The largest absolute Gasteiger partial charge is 0.433 e. The van der Waals surface area contributed by atoms with Crippen molar-refractivity contribution in [3.63, 3.8) is 0 Å². The van der Waals surface area contributed by atoms with Gasteiger partial charge in [-0.05, 0) is 44.4 Å². The van der Waals surface area contributed by atoms with Crippen molar-refractivity contribution < 1.29 is 26.4 Å². The Bertz CT molecular complexity index is 1090. The Kier molecular flexibility index (Phi) is 7.45. The zero-order valence-corrected chi connectivity index (χ0v) is 19.1. The molecule has 33 heavy (non-hydrogen) atoms. The Morgan fingerprint density at radius 2 is 1.97 bits per heavy atom. The highest BCUT2D eigenvalue weighted by Crippen LogP contribution is 2.32. The van der Waals surface area contributed by atoms with Crippen LogP contribution in [0.3, 0.4) is 0 Å². The van der Waals surface area contributed by atoms with Gasteiger partial charge in [-0.15, -0.1) is 0 Å². The van der Waals surface area contributed by atoms with Gasteiger partial charge in [-0.2, -0.15) is 13.2 Å². The molecule has 0 spiro atoms. The molecule has 12 heteroatoms. The molecule has 1 unspecified atom stereocenters. The molecule has 0 radical (unpaired) electrons. The molecule has 0 aliphatic carbocycles. The first-order valence-electron chi connectivity index (χ1n) is 10.4. The second kappa shape index (κ2) is 9.94. The molecule has 2 N–H and O–H groups in total. The van der Waals surface area contributed by atoms with Gasteiger partial charge in [0, 0.05) is 31.0 Å². The summed E-state index contributed by atoms with van der Waals surface area (Å²) in [5, 5.41) is 5.20. The molecule has 3 heterocycles. The van der Waals surface area contributed by atoms with E-state index in [0.717, 1.165) is 31.6 Å². The van der Waals surface area contributed by atoms with Crippen LogP contribution in [-0.4, -0.2) is 43.3 Å². The first-order chi connectivity index (χ1) is 15.4. The van der Waals surface area contributed by atoms with E-state index in [1.165, 1.54) is 24.4 Å². The van der Waals surface area contributed by atoms with Crippen LogP contribution in [0, 0.1) is 0 Å². The lowest BCUT2D eigenvalue weighted by molar-refractivity contribution is -0.141. The molecular weight excluding hydrogens is 459 g/mol. The molecule has 1 aliphatic rings. The van der Waals surface area contributed by atoms with E-state index in [0.29, 0.717) is 23.5 Å². The fourth-order valence-corrected chi connectivity index (χ4v) is 4.35. The quantitative estimate of drug-likeness (QED) is 0.646. The third-order valence-electron chi connectivity index (χ3n) is 5.25. The van der Waals surface area contributed by atoms with Gasteiger partial charge in [0.25, 0.3) is 0 Å². The minimum absolute atomic E-state index is 0.0187. The maximum Gasteiger partial charge on any atom is 0.433 e. The van der Waals surface area contributed by atoms with E-state index >= 15 is 0 Å². The van der Waals surface area contributed by atoms with Crippen LogP contribution >= 0.6 is 0 Å². The molecule has 2 amide bonds. The number of alkyl halides is 3. The van der Waals surface area contributed by atoms with Crippen molar-refractivity contribution in [2.45, 2.75) is 50.7 Å². The normalized spacial score (nSPS) is 17.0. The molecule has 1 atom stereocenters. The molecule has 180 valence electrons. The number of halogens is 3. The highest BCUT2D eigenvalue weighted by Gasteiger charge is 2.34. The number of piperidine rings is 1. The van der Waals surface area contributed by atoms with Gasteiger partial charge < -0.3 is 15.5 Å². The second-order valence-corrected chi connectivity index (χ2v) is 10.3. The smallest absolute Gasteiger partial charge is 0.354 e. The number of urea groups is 1. The van der Waals surface area contributed by atoms with Crippen molar-refractivity contribution in [1.82, 2.24) is 15.3 Å². The lowest BCUT2D eigenvalue weighted by Gasteiger charge is -2.36. The van der Waals surface area contributed by atoms with Crippen molar-refractivity contribution in [3.8, 4) is 0 Å². The number of pyridine rings is 2. The Hall–Kier alpha value is -2.89. The fourth-order valence-electron chi connectivity index (χ4n) is 3.64. The Balaban J connectivity index is 1.70. The number of hydrogen-bond donors (Lipinski definition) is 2. The molecule has 1 aliphatic heterocycles. The third-order valence-corrected chi connectivity index (χ3v) is 6.07. The number of anilines is 2. The van der Waals surface area contributed by atoms with Gasteiger partial charge >= 0.3 is 12.2 Å². The molecule has 1 saturated heterocycles. The van der Waals surface area contributed by atoms with Crippen LogP contribution < -0.4 is 15.5 Å². The maximum absolute atomic E-state index is 13.2. The van der Waals surface area contributed by atoms with Crippen LogP contribution in [0.25, 0.3) is 0 Å². The van der Waals surface area contributed by atoms with Crippen LogP contribution in [0.2, 0.25) is 0 Å². The van der Waals surface area contributed by atoms with E-state index < -0.39 is 27.7 Å². The van der Waals surface area contributed by atoms with Gasteiger partial charge in [0.1, 0.15) is 11.5 Å². The molecular formula is C21H26F3N5O3S. The Morgan fingerprint density at radius 3 is 2.58 bits per heavy atom. The summed E-state index contributed by atoms with van der Waals surface area (Å²) >= 11 is 0. The molecule has 0 bridgehead atoms. The van der Waals surface area contributed by atoms with Gasteiger partial charge in [0.2, 0.25) is 0 Å². The average molecular weight is 486 g/mol. The van der Waals surface area contributed by atoms with Crippen molar-refractivity contribution >= 4 is 27.4 Å². The van der Waals surface area contributed by atoms with E-state index in [4.69, 9.17) is 0 Å². The standard InChI is InChI=1S/C21H26F3N5O3S/c1-14-5-3-4-10-29(14)19-15(6-9-18(28-19)21(22,23)24)11-26-20(30)27-16-7-8-17(25-12-16)13-33(2,31)32/h6-9,12,14H,3-5,10-11,13H2,1-2H3,(H2,26,27,30). The monoisotopic (exact) mass is 485 g/mol. The molecule has 2 aromatic rings. The number of aromatic nitrogens is 2. The van der Waals surface area contributed by atoms with Crippen LogP contribution in [-0.2, 0) is 28.3 Å². The predicted octanol–water partition coefficient (Wildman–Crippen LogP) is 3.74. The number of nitrogens with one attached hydrogen (secondary N) is 2. The summed E-state index contributed by atoms with van der Waals surface area (Å²) in [6, 6.07) is 4.73. The van der Waals surface area contributed by atoms with Gasteiger partial charge in [-0.1, -0.05) is 6.07 Å². The van der Waals surface area contributed by atoms with E-state index in [2.05, 4.69) is 20.6 Å². The minimum Gasteiger partial charge on any atom is -0.354 e. The predicted molar refractivity (Wildman–Crippen MR) is 119 cm³/mol. The SMILES string of the molecule is CC1CCCCN1c1nc(C(F)(F)F)ccc1CNC(=O)Nc1ccc(CS(C)(=O)=O)nc1. The molecule has 1 fully saturated rings. The van der Waals surface area contributed by atoms with Gasteiger partial charge in [-0.3, -0.25) is 4.98 Å². The average Bonchev–Trinajstić information content (AvgIpc) is 2.72. The Labute approximate surface area is 190 Å². The van der Waals surface area contributed by atoms with Crippen LogP contribution in [0.5, 0.6) is 0 Å². The van der Waals surface area contributed by atoms with E-state index in [9.17, 15) is 26.4 Å².